The monoisotopic (exact) mass is 512 g/mol. The largest absolute Gasteiger partial charge is 0.480 e. The Morgan fingerprint density at radius 2 is 1.86 bits per heavy atom. The standard InChI is InChI=1S/C26H28N2O5S2/c1-18-24(20-7-3-2-4-8-20)26(18,25(29)30)27-35(31,32)23-11-10-22(34-23)21-9-5-6-19(16-21)17-28-12-14-33-15-13-28/h2-11,16,18,24,27H,12-15,17H2,1H3,(H,29,30). The smallest absolute Gasteiger partial charge is 0.325 e. The molecule has 1 aliphatic carbocycles. The van der Waals surface area contributed by atoms with Gasteiger partial charge in [-0.25, -0.2) is 8.42 Å². The Balaban J connectivity index is 1.36. The molecular formula is C26H28N2O5S2. The van der Waals surface area contributed by atoms with E-state index < -0.39 is 27.4 Å². The van der Waals surface area contributed by atoms with Gasteiger partial charge in [-0.3, -0.25) is 9.69 Å². The lowest BCUT2D eigenvalue weighted by molar-refractivity contribution is -0.140. The molecule has 2 aliphatic rings. The van der Waals surface area contributed by atoms with E-state index in [9.17, 15) is 18.3 Å². The summed E-state index contributed by atoms with van der Waals surface area (Å²) in [6, 6.07) is 20.6. The molecule has 5 rings (SSSR count). The molecule has 35 heavy (non-hydrogen) atoms. The van der Waals surface area contributed by atoms with Crippen LogP contribution in [0.3, 0.4) is 0 Å². The molecule has 2 N–H and O–H groups in total. The highest BCUT2D eigenvalue weighted by Gasteiger charge is 2.70. The zero-order valence-corrected chi connectivity index (χ0v) is 21.0. The minimum Gasteiger partial charge on any atom is -0.480 e. The van der Waals surface area contributed by atoms with E-state index in [1.807, 2.05) is 42.5 Å². The molecule has 3 aromatic rings. The Labute approximate surface area is 209 Å². The summed E-state index contributed by atoms with van der Waals surface area (Å²) in [5.74, 6) is -1.95. The summed E-state index contributed by atoms with van der Waals surface area (Å²) in [7, 11) is -4.03. The molecule has 2 heterocycles. The zero-order chi connectivity index (χ0) is 24.6. The van der Waals surface area contributed by atoms with Crippen molar-refractivity contribution in [3.8, 4) is 10.4 Å². The fraction of sp³-hybridized carbons (Fsp3) is 0.346. The number of hydrogen-bond donors (Lipinski definition) is 2. The van der Waals surface area contributed by atoms with Gasteiger partial charge in [0.25, 0.3) is 10.0 Å². The van der Waals surface area contributed by atoms with E-state index in [-0.39, 0.29) is 10.1 Å². The summed E-state index contributed by atoms with van der Waals surface area (Å²) in [4.78, 5) is 15.4. The van der Waals surface area contributed by atoms with Crippen LogP contribution in [0.4, 0.5) is 0 Å². The number of aliphatic carboxylic acids is 1. The molecule has 1 aromatic heterocycles. The SMILES string of the molecule is CC1C(c2ccccc2)C1(NS(=O)(=O)c1ccc(-c2cccc(CN3CCOCC3)c2)s1)C(=O)O. The van der Waals surface area contributed by atoms with Gasteiger partial charge in [0.2, 0.25) is 0 Å². The molecule has 2 fully saturated rings. The summed E-state index contributed by atoms with van der Waals surface area (Å²) in [5, 5.41) is 10.0. The van der Waals surface area contributed by atoms with Crippen LogP contribution in [0.5, 0.6) is 0 Å². The first-order valence-electron chi connectivity index (χ1n) is 11.6. The second-order valence-corrected chi connectivity index (χ2v) is 12.2. The van der Waals surface area contributed by atoms with Gasteiger partial charge >= 0.3 is 5.97 Å². The molecule has 3 atom stereocenters. The summed E-state index contributed by atoms with van der Waals surface area (Å²) in [6.45, 7) is 5.85. The van der Waals surface area contributed by atoms with Crippen molar-refractivity contribution in [2.45, 2.75) is 29.1 Å². The fourth-order valence-corrected chi connectivity index (χ4v) is 7.79. The van der Waals surface area contributed by atoms with Gasteiger partial charge in [-0.2, -0.15) is 4.72 Å². The fourth-order valence-electron chi connectivity index (χ4n) is 5.03. The van der Waals surface area contributed by atoms with Gasteiger partial charge in [0, 0.05) is 30.4 Å². The second kappa shape index (κ2) is 9.48. The first kappa shape index (κ1) is 24.1. The van der Waals surface area contributed by atoms with Crippen LogP contribution >= 0.6 is 11.3 Å². The molecule has 3 unspecified atom stereocenters. The van der Waals surface area contributed by atoms with Crippen LogP contribution in [-0.2, 0) is 26.1 Å². The predicted octanol–water partition coefficient (Wildman–Crippen LogP) is 3.78. The van der Waals surface area contributed by atoms with E-state index in [1.165, 1.54) is 0 Å². The van der Waals surface area contributed by atoms with Crippen molar-refractivity contribution in [2.24, 2.45) is 5.92 Å². The molecule has 1 saturated carbocycles. The van der Waals surface area contributed by atoms with Crippen LogP contribution in [0.2, 0.25) is 0 Å². The normalized spacial score (nSPS) is 24.8. The van der Waals surface area contributed by atoms with Crippen LogP contribution < -0.4 is 4.72 Å². The number of nitrogens with one attached hydrogen (secondary N) is 1. The topological polar surface area (TPSA) is 95.9 Å². The average molecular weight is 513 g/mol. The summed E-state index contributed by atoms with van der Waals surface area (Å²) >= 11 is 1.15. The number of carbonyl (C=O) groups is 1. The van der Waals surface area contributed by atoms with Gasteiger partial charge in [-0.15, -0.1) is 11.3 Å². The maximum atomic E-state index is 13.3. The maximum absolute atomic E-state index is 13.3. The number of morpholine rings is 1. The number of ether oxygens (including phenoxy) is 1. The third kappa shape index (κ3) is 4.66. The lowest BCUT2D eigenvalue weighted by atomic mass is 10.1. The number of carboxylic acids is 1. The quantitative estimate of drug-likeness (QED) is 0.477. The number of benzene rings is 2. The van der Waals surface area contributed by atoms with Gasteiger partial charge < -0.3 is 9.84 Å². The number of thiophene rings is 1. The number of rotatable bonds is 8. The summed E-state index contributed by atoms with van der Waals surface area (Å²) in [6.07, 6.45) is 0. The zero-order valence-electron chi connectivity index (χ0n) is 19.4. The van der Waals surface area contributed by atoms with Crippen molar-refractivity contribution < 1.29 is 23.1 Å². The van der Waals surface area contributed by atoms with Crippen molar-refractivity contribution in [3.63, 3.8) is 0 Å². The van der Waals surface area contributed by atoms with E-state index in [0.29, 0.717) is 0 Å². The Bertz CT molecular complexity index is 1320. The molecule has 0 amide bonds. The highest BCUT2D eigenvalue weighted by atomic mass is 32.2. The van der Waals surface area contributed by atoms with E-state index in [1.54, 1.807) is 19.1 Å². The van der Waals surface area contributed by atoms with E-state index in [4.69, 9.17) is 4.74 Å². The van der Waals surface area contributed by atoms with Gasteiger partial charge in [0.1, 0.15) is 9.75 Å². The Morgan fingerprint density at radius 3 is 2.57 bits per heavy atom. The predicted molar refractivity (Wildman–Crippen MR) is 135 cm³/mol. The van der Waals surface area contributed by atoms with Gasteiger partial charge in [0.15, 0.2) is 0 Å². The van der Waals surface area contributed by atoms with Crippen LogP contribution in [0.15, 0.2) is 70.9 Å². The van der Waals surface area contributed by atoms with E-state index >= 15 is 0 Å². The lowest BCUT2D eigenvalue weighted by Crippen LogP contribution is -2.45. The van der Waals surface area contributed by atoms with E-state index in [0.717, 1.165) is 65.8 Å². The van der Waals surface area contributed by atoms with Gasteiger partial charge in [0.05, 0.1) is 13.2 Å². The molecule has 9 heteroatoms. The Kier molecular flexibility index (Phi) is 6.54. The third-order valence-electron chi connectivity index (χ3n) is 6.98. The van der Waals surface area contributed by atoms with Crippen LogP contribution in [-0.4, -0.2) is 56.2 Å². The first-order valence-corrected chi connectivity index (χ1v) is 13.9. The van der Waals surface area contributed by atoms with Crippen LogP contribution in [0.25, 0.3) is 10.4 Å². The number of carboxylic acid groups (broad SMARTS) is 1. The average Bonchev–Trinajstić information content (AvgIpc) is 3.20. The molecule has 0 spiro atoms. The minimum atomic E-state index is -4.03. The van der Waals surface area contributed by atoms with Crippen molar-refractivity contribution in [1.82, 2.24) is 9.62 Å². The lowest BCUT2D eigenvalue weighted by Gasteiger charge is -2.26. The third-order valence-corrected chi connectivity index (χ3v) is 10.1. The molecule has 0 radical (unpaired) electrons. The molecule has 1 aliphatic heterocycles. The molecule has 1 saturated heterocycles. The summed E-state index contributed by atoms with van der Waals surface area (Å²) < 4.78 is 34.7. The molecule has 184 valence electrons. The van der Waals surface area contributed by atoms with Crippen LogP contribution in [0, 0.1) is 5.92 Å². The second-order valence-electron chi connectivity index (χ2n) is 9.16. The van der Waals surface area contributed by atoms with Crippen molar-refractivity contribution >= 4 is 27.3 Å². The molecule has 7 nitrogen and oxygen atoms in total. The van der Waals surface area contributed by atoms with Gasteiger partial charge in [-0.05, 0) is 40.8 Å². The van der Waals surface area contributed by atoms with Crippen molar-refractivity contribution in [3.05, 3.63) is 77.9 Å². The van der Waals surface area contributed by atoms with Gasteiger partial charge in [-0.1, -0.05) is 55.5 Å². The highest BCUT2D eigenvalue weighted by Crippen LogP contribution is 2.58. The molecule has 0 bridgehead atoms. The number of hydrogen-bond acceptors (Lipinski definition) is 6. The Hall–Kier alpha value is -2.56. The molecule has 2 aromatic carbocycles. The molecular weight excluding hydrogens is 484 g/mol. The van der Waals surface area contributed by atoms with E-state index in [2.05, 4.69) is 21.8 Å². The van der Waals surface area contributed by atoms with Crippen LogP contribution in [0.1, 0.15) is 24.0 Å². The maximum Gasteiger partial charge on any atom is 0.325 e. The number of sulfonamides is 1. The van der Waals surface area contributed by atoms with Crippen molar-refractivity contribution in [1.29, 1.82) is 0 Å². The minimum absolute atomic E-state index is 0.109. The summed E-state index contributed by atoms with van der Waals surface area (Å²) in [5.41, 5.74) is 1.36. The van der Waals surface area contributed by atoms with Crippen molar-refractivity contribution in [2.75, 3.05) is 26.3 Å². The first-order chi connectivity index (χ1) is 16.8. The number of nitrogens with zero attached hydrogens (tertiary/aromatic N) is 1. The highest BCUT2D eigenvalue weighted by molar-refractivity contribution is 7.91. The Morgan fingerprint density at radius 1 is 1.11 bits per heavy atom.